The fraction of sp³-hybridized carbons (Fsp3) is 0. The third-order valence-electron chi connectivity index (χ3n) is 3.00. The maximum atomic E-state index is 12.1. The van der Waals surface area contributed by atoms with Crippen LogP contribution in [0.5, 0.6) is 0 Å². The van der Waals surface area contributed by atoms with Crippen LogP contribution >= 0.6 is 11.3 Å². The molecule has 19 heavy (non-hydrogen) atoms. The summed E-state index contributed by atoms with van der Waals surface area (Å²) in [5, 5.41) is 6.27. The topological polar surface area (TPSA) is 17.1 Å². The fourth-order valence-electron chi connectivity index (χ4n) is 1.98. The highest BCUT2D eigenvalue weighted by Gasteiger charge is 2.02. The molecule has 0 aliphatic carbocycles. The third kappa shape index (κ3) is 2.64. The van der Waals surface area contributed by atoms with Crippen LogP contribution in [0.2, 0.25) is 0 Å². The van der Waals surface area contributed by atoms with Crippen molar-refractivity contribution in [1.82, 2.24) is 0 Å². The Balaban J connectivity index is 1.89. The Morgan fingerprint density at radius 2 is 1.84 bits per heavy atom. The van der Waals surface area contributed by atoms with Gasteiger partial charge in [0.2, 0.25) is 0 Å². The lowest BCUT2D eigenvalue weighted by molar-refractivity contribution is 0.104. The molecule has 0 N–H and O–H groups in total. The SMILES string of the molecule is O=C(/C=C/c1ccsc1)c1ccc2ccccc2c1. The first-order chi connectivity index (χ1) is 9.33. The van der Waals surface area contributed by atoms with Crippen LogP contribution in [0, 0.1) is 0 Å². The second-order valence-electron chi connectivity index (χ2n) is 4.32. The molecule has 0 bridgehead atoms. The summed E-state index contributed by atoms with van der Waals surface area (Å²) in [4.78, 5) is 12.1. The number of thiophene rings is 1. The van der Waals surface area contributed by atoms with E-state index in [9.17, 15) is 4.79 Å². The van der Waals surface area contributed by atoms with Crippen LogP contribution in [0.1, 0.15) is 15.9 Å². The molecule has 3 rings (SSSR count). The lowest BCUT2D eigenvalue weighted by atomic mass is 10.0. The maximum absolute atomic E-state index is 12.1. The predicted octanol–water partition coefficient (Wildman–Crippen LogP) is 4.80. The second kappa shape index (κ2) is 5.21. The van der Waals surface area contributed by atoms with Crippen molar-refractivity contribution in [2.45, 2.75) is 0 Å². The highest BCUT2D eigenvalue weighted by molar-refractivity contribution is 7.08. The molecule has 1 heterocycles. The minimum atomic E-state index is 0.0388. The van der Waals surface area contributed by atoms with E-state index < -0.39 is 0 Å². The summed E-state index contributed by atoms with van der Waals surface area (Å²) in [6.07, 6.45) is 3.49. The van der Waals surface area contributed by atoms with E-state index in [1.165, 1.54) is 0 Å². The van der Waals surface area contributed by atoms with Gasteiger partial charge in [0, 0.05) is 5.56 Å². The zero-order valence-electron chi connectivity index (χ0n) is 10.2. The molecule has 0 amide bonds. The molecular weight excluding hydrogens is 252 g/mol. The van der Waals surface area contributed by atoms with Gasteiger partial charge >= 0.3 is 0 Å². The molecule has 0 radical (unpaired) electrons. The summed E-state index contributed by atoms with van der Waals surface area (Å²) in [5.74, 6) is 0.0388. The number of carbonyl (C=O) groups excluding carboxylic acids is 1. The zero-order chi connectivity index (χ0) is 13.1. The summed E-state index contributed by atoms with van der Waals surface area (Å²) in [7, 11) is 0. The van der Waals surface area contributed by atoms with Gasteiger partial charge in [-0.2, -0.15) is 11.3 Å². The second-order valence-corrected chi connectivity index (χ2v) is 5.10. The van der Waals surface area contributed by atoms with E-state index in [1.54, 1.807) is 17.4 Å². The normalized spacial score (nSPS) is 11.2. The van der Waals surface area contributed by atoms with Gasteiger partial charge in [0.15, 0.2) is 5.78 Å². The number of hydrogen-bond donors (Lipinski definition) is 0. The maximum Gasteiger partial charge on any atom is 0.185 e. The average Bonchev–Trinajstić information content (AvgIpc) is 2.97. The molecule has 2 heteroatoms. The van der Waals surface area contributed by atoms with Crippen molar-refractivity contribution < 1.29 is 4.79 Å². The van der Waals surface area contributed by atoms with Gasteiger partial charge in [0.25, 0.3) is 0 Å². The van der Waals surface area contributed by atoms with Crippen LogP contribution in [0.15, 0.2) is 65.4 Å². The molecule has 0 atom stereocenters. The molecule has 0 aliphatic heterocycles. The van der Waals surface area contributed by atoms with Crippen molar-refractivity contribution in [3.63, 3.8) is 0 Å². The largest absolute Gasteiger partial charge is 0.289 e. The Bertz CT molecular complexity index is 739. The van der Waals surface area contributed by atoms with Crippen LogP contribution in [-0.2, 0) is 0 Å². The lowest BCUT2D eigenvalue weighted by Crippen LogP contribution is -1.93. The molecule has 92 valence electrons. The summed E-state index contributed by atoms with van der Waals surface area (Å²) < 4.78 is 0. The van der Waals surface area contributed by atoms with Crippen molar-refractivity contribution in [2.75, 3.05) is 0 Å². The first kappa shape index (κ1) is 11.9. The first-order valence-corrected chi connectivity index (χ1v) is 7.01. The molecule has 3 aromatic rings. The van der Waals surface area contributed by atoms with Gasteiger partial charge in [0.1, 0.15) is 0 Å². The van der Waals surface area contributed by atoms with Crippen LogP contribution < -0.4 is 0 Å². The van der Waals surface area contributed by atoms with E-state index in [1.807, 2.05) is 65.4 Å². The minimum absolute atomic E-state index is 0.0388. The third-order valence-corrected chi connectivity index (χ3v) is 3.71. The number of allylic oxidation sites excluding steroid dienone is 1. The molecule has 0 unspecified atom stereocenters. The number of ketones is 1. The minimum Gasteiger partial charge on any atom is -0.289 e. The highest BCUT2D eigenvalue weighted by atomic mass is 32.1. The quantitative estimate of drug-likeness (QED) is 0.490. The van der Waals surface area contributed by atoms with Crippen LogP contribution in [0.4, 0.5) is 0 Å². The molecule has 1 nitrogen and oxygen atoms in total. The summed E-state index contributed by atoms with van der Waals surface area (Å²) in [6.45, 7) is 0. The van der Waals surface area contributed by atoms with Crippen molar-refractivity contribution in [1.29, 1.82) is 0 Å². The number of hydrogen-bond acceptors (Lipinski definition) is 2. The lowest BCUT2D eigenvalue weighted by Gasteiger charge is -2.00. The Morgan fingerprint density at radius 3 is 2.63 bits per heavy atom. The van der Waals surface area contributed by atoms with Gasteiger partial charge in [-0.15, -0.1) is 0 Å². The molecule has 0 fully saturated rings. The Morgan fingerprint density at radius 1 is 1.00 bits per heavy atom. The van der Waals surface area contributed by atoms with Gasteiger partial charge in [-0.05, 0) is 45.3 Å². The standard InChI is InChI=1S/C17H12OS/c18-17(8-5-13-9-10-19-12-13)16-7-6-14-3-1-2-4-15(14)11-16/h1-12H/b8-5+. The van der Waals surface area contributed by atoms with Gasteiger partial charge in [-0.3, -0.25) is 4.79 Å². The molecule has 0 saturated heterocycles. The van der Waals surface area contributed by atoms with Gasteiger partial charge < -0.3 is 0 Å². The molecule has 2 aromatic carbocycles. The molecule has 0 aliphatic rings. The zero-order valence-corrected chi connectivity index (χ0v) is 11.1. The van der Waals surface area contributed by atoms with Crippen molar-refractivity contribution in [3.8, 4) is 0 Å². The Labute approximate surface area is 115 Å². The fourth-order valence-corrected chi connectivity index (χ4v) is 2.61. The van der Waals surface area contributed by atoms with Gasteiger partial charge in [-0.25, -0.2) is 0 Å². The Kier molecular flexibility index (Phi) is 3.25. The number of carbonyl (C=O) groups is 1. The van der Waals surface area contributed by atoms with Crippen LogP contribution in [-0.4, -0.2) is 5.78 Å². The van der Waals surface area contributed by atoms with E-state index in [0.29, 0.717) is 0 Å². The number of benzene rings is 2. The number of fused-ring (bicyclic) bond motifs is 1. The first-order valence-electron chi connectivity index (χ1n) is 6.06. The summed E-state index contributed by atoms with van der Waals surface area (Å²) in [5.41, 5.74) is 1.80. The van der Waals surface area contributed by atoms with E-state index in [2.05, 4.69) is 0 Å². The van der Waals surface area contributed by atoms with Crippen LogP contribution in [0.25, 0.3) is 16.8 Å². The van der Waals surface area contributed by atoms with Gasteiger partial charge in [-0.1, -0.05) is 42.5 Å². The van der Waals surface area contributed by atoms with Crippen molar-refractivity contribution >= 4 is 34.0 Å². The summed E-state index contributed by atoms with van der Waals surface area (Å²) >= 11 is 1.63. The smallest absolute Gasteiger partial charge is 0.185 e. The van der Waals surface area contributed by atoms with E-state index in [-0.39, 0.29) is 5.78 Å². The van der Waals surface area contributed by atoms with Crippen molar-refractivity contribution in [2.24, 2.45) is 0 Å². The molecule has 0 saturated carbocycles. The Hall–Kier alpha value is -2.19. The van der Waals surface area contributed by atoms with E-state index in [0.717, 1.165) is 21.9 Å². The average molecular weight is 264 g/mol. The van der Waals surface area contributed by atoms with E-state index in [4.69, 9.17) is 0 Å². The number of rotatable bonds is 3. The molecule has 0 spiro atoms. The van der Waals surface area contributed by atoms with Crippen molar-refractivity contribution in [3.05, 3.63) is 76.5 Å². The highest BCUT2D eigenvalue weighted by Crippen LogP contribution is 2.16. The molecular formula is C17H12OS. The van der Waals surface area contributed by atoms with Crippen LogP contribution in [0.3, 0.4) is 0 Å². The van der Waals surface area contributed by atoms with Gasteiger partial charge in [0.05, 0.1) is 0 Å². The molecule has 1 aromatic heterocycles. The predicted molar refractivity (Wildman–Crippen MR) is 81.6 cm³/mol. The summed E-state index contributed by atoms with van der Waals surface area (Å²) in [6, 6.07) is 15.9. The monoisotopic (exact) mass is 264 g/mol. The van der Waals surface area contributed by atoms with E-state index >= 15 is 0 Å².